The summed E-state index contributed by atoms with van der Waals surface area (Å²) in [6.45, 7) is 0.364. The molecule has 0 spiro atoms. The zero-order valence-electron chi connectivity index (χ0n) is 15.5. The molecule has 0 fully saturated rings. The van der Waals surface area contributed by atoms with E-state index in [-0.39, 0.29) is 5.91 Å². The predicted octanol–water partition coefficient (Wildman–Crippen LogP) is 5.69. The third-order valence-electron chi connectivity index (χ3n) is 4.82. The molecule has 0 atom stereocenters. The van der Waals surface area contributed by atoms with Gasteiger partial charge in [0.25, 0.3) is 5.91 Å². The first-order chi connectivity index (χ1) is 14.3. The second kappa shape index (κ2) is 7.45. The van der Waals surface area contributed by atoms with Crippen LogP contribution < -0.4 is 4.90 Å². The highest BCUT2D eigenvalue weighted by Gasteiger charge is 2.23. The van der Waals surface area contributed by atoms with Crippen molar-refractivity contribution in [2.45, 2.75) is 6.54 Å². The molecule has 0 N–H and O–H groups in total. The molecule has 0 aliphatic carbocycles. The van der Waals surface area contributed by atoms with Gasteiger partial charge in [0.1, 0.15) is 0 Å². The van der Waals surface area contributed by atoms with Gasteiger partial charge in [-0.3, -0.25) is 14.7 Å². The van der Waals surface area contributed by atoms with Gasteiger partial charge in [-0.05, 0) is 41.1 Å². The van der Waals surface area contributed by atoms with Crippen LogP contribution in [0.4, 0.5) is 5.13 Å². The number of fused-ring (bicyclic) bond motifs is 2. The number of aromatic nitrogens is 2. The van der Waals surface area contributed by atoms with Gasteiger partial charge < -0.3 is 0 Å². The van der Waals surface area contributed by atoms with E-state index in [1.165, 1.54) is 11.3 Å². The average Bonchev–Trinajstić information content (AvgIpc) is 3.21. The minimum atomic E-state index is -0.0773. The maximum atomic E-state index is 13.7. The minimum Gasteiger partial charge on any atom is -0.278 e. The lowest BCUT2D eigenvalue weighted by atomic mass is 10.0. The van der Waals surface area contributed by atoms with Gasteiger partial charge in [0.05, 0.1) is 22.5 Å². The number of thiazole rings is 1. The van der Waals surface area contributed by atoms with Crippen molar-refractivity contribution in [1.29, 1.82) is 0 Å². The Bertz CT molecular complexity index is 1280. The van der Waals surface area contributed by atoms with Gasteiger partial charge in [0, 0.05) is 11.8 Å². The van der Waals surface area contributed by atoms with Crippen LogP contribution in [0.3, 0.4) is 0 Å². The number of amides is 1. The number of rotatable bonds is 4. The van der Waals surface area contributed by atoms with Crippen molar-refractivity contribution in [2.24, 2.45) is 0 Å². The molecule has 5 heteroatoms. The fourth-order valence-corrected chi connectivity index (χ4v) is 4.38. The number of carbonyl (C=O) groups excluding carboxylic acids is 1. The Hall–Kier alpha value is -3.57. The molecule has 0 saturated heterocycles. The number of hydrogen-bond acceptors (Lipinski definition) is 4. The summed E-state index contributed by atoms with van der Waals surface area (Å²) in [6.07, 6.45) is 1.74. The van der Waals surface area contributed by atoms with Crippen molar-refractivity contribution in [2.75, 3.05) is 4.90 Å². The Kier molecular flexibility index (Phi) is 4.50. The van der Waals surface area contributed by atoms with Crippen molar-refractivity contribution in [3.05, 3.63) is 102 Å². The molecular formula is C24H17N3OS. The quantitative estimate of drug-likeness (QED) is 0.393. The number of benzene rings is 3. The van der Waals surface area contributed by atoms with E-state index in [9.17, 15) is 4.79 Å². The van der Waals surface area contributed by atoms with Crippen LogP contribution in [0.5, 0.6) is 0 Å². The van der Waals surface area contributed by atoms with Gasteiger partial charge >= 0.3 is 0 Å². The second-order valence-electron chi connectivity index (χ2n) is 6.70. The molecule has 4 nitrogen and oxygen atoms in total. The maximum Gasteiger partial charge on any atom is 0.261 e. The molecule has 0 saturated carbocycles. The minimum absolute atomic E-state index is 0.0773. The molecule has 0 bridgehead atoms. The third kappa shape index (κ3) is 3.37. The van der Waals surface area contributed by atoms with Crippen molar-refractivity contribution in [1.82, 2.24) is 9.97 Å². The Morgan fingerprint density at radius 1 is 0.862 bits per heavy atom. The highest BCUT2D eigenvalue weighted by molar-refractivity contribution is 7.22. The summed E-state index contributed by atoms with van der Waals surface area (Å²) >= 11 is 1.52. The molecule has 0 unspecified atom stereocenters. The topological polar surface area (TPSA) is 46.1 Å². The summed E-state index contributed by atoms with van der Waals surface area (Å²) in [6, 6.07) is 27.4. The number of hydrogen-bond donors (Lipinski definition) is 0. The number of nitrogens with zero attached hydrogens (tertiary/aromatic N) is 3. The first-order valence-corrected chi connectivity index (χ1v) is 10.2. The Morgan fingerprint density at radius 3 is 2.52 bits per heavy atom. The largest absolute Gasteiger partial charge is 0.278 e. The van der Waals surface area contributed by atoms with Crippen LogP contribution in [0.1, 0.15) is 16.1 Å². The van der Waals surface area contributed by atoms with E-state index < -0.39 is 0 Å². The van der Waals surface area contributed by atoms with E-state index in [2.05, 4.69) is 4.98 Å². The highest BCUT2D eigenvalue weighted by atomic mass is 32.1. The monoisotopic (exact) mass is 395 g/mol. The van der Waals surface area contributed by atoms with Crippen molar-refractivity contribution < 1.29 is 4.79 Å². The molecule has 0 radical (unpaired) electrons. The summed E-state index contributed by atoms with van der Waals surface area (Å²) in [7, 11) is 0. The fourth-order valence-electron chi connectivity index (χ4n) is 3.41. The Labute approximate surface area is 172 Å². The van der Waals surface area contributed by atoms with E-state index in [0.717, 1.165) is 26.7 Å². The van der Waals surface area contributed by atoms with Gasteiger partial charge in [-0.2, -0.15) is 0 Å². The molecule has 2 aromatic heterocycles. The number of pyridine rings is 1. The average molecular weight is 395 g/mol. The van der Waals surface area contributed by atoms with E-state index in [1.54, 1.807) is 11.1 Å². The van der Waals surface area contributed by atoms with Gasteiger partial charge in [0.15, 0.2) is 5.13 Å². The standard InChI is InChI=1S/C24H17N3OS/c28-23(20-12-7-9-17-8-1-2-11-19(17)20)27(16-18-10-5-6-15-25-18)24-26-21-13-3-4-14-22(21)29-24/h1-15H,16H2. The lowest BCUT2D eigenvalue weighted by molar-refractivity contribution is 0.0986. The Balaban J connectivity index is 1.63. The van der Waals surface area contributed by atoms with Crippen LogP contribution >= 0.6 is 11.3 Å². The molecule has 3 aromatic carbocycles. The third-order valence-corrected chi connectivity index (χ3v) is 5.88. The van der Waals surface area contributed by atoms with Crippen LogP contribution in [0.15, 0.2) is 91.1 Å². The van der Waals surface area contributed by atoms with E-state index in [4.69, 9.17) is 4.98 Å². The molecule has 1 amide bonds. The van der Waals surface area contributed by atoms with Gasteiger partial charge in [0.2, 0.25) is 0 Å². The van der Waals surface area contributed by atoms with E-state index in [1.807, 2.05) is 84.9 Å². The summed E-state index contributed by atoms with van der Waals surface area (Å²) < 4.78 is 1.05. The second-order valence-corrected chi connectivity index (χ2v) is 7.71. The van der Waals surface area contributed by atoms with Crippen LogP contribution in [-0.2, 0) is 6.54 Å². The lowest BCUT2D eigenvalue weighted by Crippen LogP contribution is -2.30. The first-order valence-electron chi connectivity index (χ1n) is 9.35. The molecule has 5 aromatic rings. The highest BCUT2D eigenvalue weighted by Crippen LogP contribution is 2.31. The smallest absolute Gasteiger partial charge is 0.261 e. The maximum absolute atomic E-state index is 13.7. The van der Waals surface area contributed by atoms with Crippen LogP contribution in [0, 0.1) is 0 Å². The predicted molar refractivity (Wildman–Crippen MR) is 118 cm³/mol. The summed E-state index contributed by atoms with van der Waals surface area (Å²) in [4.78, 5) is 24.6. The van der Waals surface area contributed by atoms with Crippen molar-refractivity contribution in [3.63, 3.8) is 0 Å². The number of anilines is 1. The van der Waals surface area contributed by atoms with Gasteiger partial charge in [-0.15, -0.1) is 0 Å². The number of para-hydroxylation sites is 1. The van der Waals surface area contributed by atoms with Crippen LogP contribution in [0.25, 0.3) is 21.0 Å². The summed E-state index contributed by atoms with van der Waals surface area (Å²) in [5.74, 6) is -0.0773. The van der Waals surface area contributed by atoms with Crippen LogP contribution in [0.2, 0.25) is 0 Å². The molecule has 29 heavy (non-hydrogen) atoms. The van der Waals surface area contributed by atoms with Crippen LogP contribution in [-0.4, -0.2) is 15.9 Å². The summed E-state index contributed by atoms with van der Waals surface area (Å²) in [5.41, 5.74) is 2.38. The van der Waals surface area contributed by atoms with E-state index >= 15 is 0 Å². The normalized spacial score (nSPS) is 11.0. The molecule has 0 aliphatic heterocycles. The lowest BCUT2D eigenvalue weighted by Gasteiger charge is -2.20. The van der Waals surface area contributed by atoms with E-state index in [0.29, 0.717) is 17.2 Å². The summed E-state index contributed by atoms with van der Waals surface area (Å²) in [5, 5.41) is 2.65. The Morgan fingerprint density at radius 2 is 1.66 bits per heavy atom. The number of carbonyl (C=O) groups is 1. The molecule has 2 heterocycles. The SMILES string of the molecule is O=C(c1cccc2ccccc12)N(Cc1ccccn1)c1nc2ccccc2s1. The van der Waals surface area contributed by atoms with Crippen molar-refractivity contribution >= 4 is 43.4 Å². The molecule has 5 rings (SSSR count). The first kappa shape index (κ1) is 17.5. The molecule has 0 aliphatic rings. The zero-order valence-corrected chi connectivity index (χ0v) is 16.3. The zero-order chi connectivity index (χ0) is 19.6. The fraction of sp³-hybridized carbons (Fsp3) is 0.0417. The van der Waals surface area contributed by atoms with Crippen molar-refractivity contribution in [3.8, 4) is 0 Å². The molecule has 140 valence electrons. The van der Waals surface area contributed by atoms with Gasteiger partial charge in [-0.1, -0.05) is 65.9 Å². The molecular weight excluding hydrogens is 378 g/mol. The van der Waals surface area contributed by atoms with Gasteiger partial charge in [-0.25, -0.2) is 4.98 Å².